The predicted octanol–water partition coefficient (Wildman–Crippen LogP) is 2.72. The van der Waals surface area contributed by atoms with Crippen molar-refractivity contribution in [2.24, 2.45) is 7.05 Å². The average Bonchev–Trinajstić information content (AvgIpc) is 2.87. The summed E-state index contributed by atoms with van der Waals surface area (Å²) in [4.78, 5) is 7.01. The van der Waals surface area contributed by atoms with Gasteiger partial charge in [0.05, 0.1) is 7.11 Å². The molecule has 0 saturated carbocycles. The molecule has 0 unspecified atom stereocenters. The van der Waals surface area contributed by atoms with Crippen LogP contribution in [-0.4, -0.2) is 39.0 Å². The molecular formula is C19H23N5OS. The fourth-order valence-electron chi connectivity index (χ4n) is 3.22. The first kappa shape index (κ1) is 17.1. The molecule has 7 heteroatoms. The zero-order valence-electron chi connectivity index (χ0n) is 15.1. The number of benzene rings is 2. The molecule has 1 aliphatic rings. The minimum atomic E-state index is 0.797. The first-order chi connectivity index (χ1) is 12.6. The van der Waals surface area contributed by atoms with Crippen molar-refractivity contribution in [3.8, 4) is 17.1 Å². The Balaban J connectivity index is 1.47. The van der Waals surface area contributed by atoms with Crippen molar-refractivity contribution in [3.05, 3.63) is 53.6 Å². The van der Waals surface area contributed by atoms with E-state index in [9.17, 15) is 0 Å². The van der Waals surface area contributed by atoms with Gasteiger partial charge in [0.15, 0.2) is 5.82 Å². The van der Waals surface area contributed by atoms with Crippen molar-refractivity contribution >= 4 is 11.8 Å². The largest absolute Gasteiger partial charge is 0.497 e. The van der Waals surface area contributed by atoms with E-state index in [1.54, 1.807) is 16.7 Å². The molecule has 0 saturated heterocycles. The van der Waals surface area contributed by atoms with Crippen molar-refractivity contribution in [2.45, 2.75) is 18.0 Å². The van der Waals surface area contributed by atoms with E-state index in [1.807, 2.05) is 24.9 Å². The molecule has 0 spiro atoms. The smallest absolute Gasteiger partial charge is 0.199 e. The summed E-state index contributed by atoms with van der Waals surface area (Å²) in [6, 6.07) is 14.9. The first-order valence-corrected chi connectivity index (χ1v) is 9.61. The van der Waals surface area contributed by atoms with Gasteiger partial charge >= 0.3 is 0 Å². The molecule has 0 fully saturated rings. The van der Waals surface area contributed by atoms with E-state index in [2.05, 4.69) is 46.4 Å². The third-order valence-electron chi connectivity index (χ3n) is 4.71. The van der Waals surface area contributed by atoms with E-state index in [0.29, 0.717) is 0 Å². The first-order valence-electron chi connectivity index (χ1n) is 8.62. The molecule has 0 radical (unpaired) electrons. The van der Waals surface area contributed by atoms with Gasteiger partial charge < -0.3 is 10.6 Å². The summed E-state index contributed by atoms with van der Waals surface area (Å²) in [6.07, 6.45) is 0. The van der Waals surface area contributed by atoms with Crippen molar-refractivity contribution in [3.63, 3.8) is 0 Å². The highest BCUT2D eigenvalue weighted by molar-refractivity contribution is 7.99. The van der Waals surface area contributed by atoms with Gasteiger partial charge in [-0.3, -0.25) is 4.90 Å². The number of hydrogen-bond acceptors (Lipinski definition) is 5. The number of aryl methyl sites for hydroxylation is 1. The van der Waals surface area contributed by atoms with Crippen LogP contribution in [0.1, 0.15) is 11.1 Å². The third-order valence-corrected chi connectivity index (χ3v) is 5.81. The third kappa shape index (κ3) is 3.32. The van der Waals surface area contributed by atoms with Crippen LogP contribution in [0, 0.1) is 0 Å². The average molecular weight is 369 g/mol. The molecular weight excluding hydrogens is 346 g/mol. The molecule has 4 rings (SSSR count). The van der Waals surface area contributed by atoms with Crippen LogP contribution in [0.15, 0.2) is 47.4 Å². The molecule has 2 heterocycles. The molecule has 0 aliphatic carbocycles. The fraction of sp³-hybridized carbons (Fsp3) is 0.316. The number of thioether (sulfide) groups is 1. The number of ether oxygens (including phenoxy) is 1. The van der Waals surface area contributed by atoms with Crippen LogP contribution in [0.5, 0.6) is 5.75 Å². The van der Waals surface area contributed by atoms with E-state index >= 15 is 0 Å². The molecule has 1 aromatic heterocycles. The van der Waals surface area contributed by atoms with Crippen molar-refractivity contribution in [1.82, 2.24) is 19.6 Å². The number of nitrogen functional groups attached to an aromatic ring is 1. The Bertz CT molecular complexity index is 899. The highest BCUT2D eigenvalue weighted by atomic mass is 32.2. The Morgan fingerprint density at radius 3 is 2.69 bits per heavy atom. The molecule has 136 valence electrons. The lowest BCUT2D eigenvalue weighted by Gasteiger charge is -2.21. The Hall–Kier alpha value is -2.38. The van der Waals surface area contributed by atoms with Gasteiger partial charge in [-0.05, 0) is 29.3 Å². The van der Waals surface area contributed by atoms with Gasteiger partial charge in [-0.2, -0.15) is 9.59 Å². The SMILES string of the molecule is COc1ccc2c(c1)CN(Cc1ccc(-c3nn(C)n3N)cc1)CCS2. The molecule has 26 heavy (non-hydrogen) atoms. The van der Waals surface area contributed by atoms with Crippen LogP contribution in [0.25, 0.3) is 11.4 Å². The Morgan fingerprint density at radius 2 is 2.00 bits per heavy atom. The summed E-state index contributed by atoms with van der Waals surface area (Å²) < 4.78 is 5.39. The minimum Gasteiger partial charge on any atom is -0.497 e. The molecule has 2 aromatic carbocycles. The van der Waals surface area contributed by atoms with E-state index in [1.165, 1.54) is 16.0 Å². The maximum atomic E-state index is 5.88. The Labute approximate surface area is 157 Å². The number of rotatable bonds is 4. The maximum Gasteiger partial charge on any atom is 0.199 e. The van der Waals surface area contributed by atoms with Crippen LogP contribution in [0.3, 0.4) is 0 Å². The predicted molar refractivity (Wildman–Crippen MR) is 105 cm³/mol. The molecule has 0 bridgehead atoms. The quantitative estimate of drug-likeness (QED) is 0.717. The number of fused-ring (bicyclic) bond motifs is 1. The number of aromatic nitrogens is 3. The highest BCUT2D eigenvalue weighted by Gasteiger charge is 2.16. The second-order valence-electron chi connectivity index (χ2n) is 6.49. The Morgan fingerprint density at radius 1 is 1.19 bits per heavy atom. The zero-order chi connectivity index (χ0) is 18.1. The van der Waals surface area contributed by atoms with Gasteiger partial charge in [-0.15, -0.1) is 16.9 Å². The summed E-state index contributed by atoms with van der Waals surface area (Å²) in [5, 5.41) is 4.30. The fourth-order valence-corrected chi connectivity index (χ4v) is 4.27. The molecule has 6 nitrogen and oxygen atoms in total. The monoisotopic (exact) mass is 369 g/mol. The topological polar surface area (TPSA) is 61.2 Å². The van der Waals surface area contributed by atoms with Gasteiger partial charge in [0.25, 0.3) is 0 Å². The van der Waals surface area contributed by atoms with Crippen LogP contribution in [0.4, 0.5) is 0 Å². The molecule has 0 atom stereocenters. The van der Waals surface area contributed by atoms with Crippen LogP contribution < -0.4 is 10.6 Å². The lowest BCUT2D eigenvalue weighted by atomic mass is 10.1. The molecule has 2 N–H and O–H groups in total. The van der Waals surface area contributed by atoms with Gasteiger partial charge in [-0.1, -0.05) is 24.3 Å². The van der Waals surface area contributed by atoms with Crippen molar-refractivity contribution in [1.29, 1.82) is 0 Å². The van der Waals surface area contributed by atoms with E-state index in [4.69, 9.17) is 10.6 Å². The molecule has 0 amide bonds. The van der Waals surface area contributed by atoms with Gasteiger partial charge in [0.1, 0.15) is 5.75 Å². The minimum absolute atomic E-state index is 0.797. The van der Waals surface area contributed by atoms with E-state index in [-0.39, 0.29) is 0 Å². The highest BCUT2D eigenvalue weighted by Crippen LogP contribution is 2.31. The summed E-state index contributed by atoms with van der Waals surface area (Å²) in [5.74, 6) is 8.70. The van der Waals surface area contributed by atoms with E-state index in [0.717, 1.165) is 42.5 Å². The van der Waals surface area contributed by atoms with Gasteiger partial charge in [0.2, 0.25) is 0 Å². The number of methoxy groups -OCH3 is 1. The van der Waals surface area contributed by atoms with Crippen LogP contribution in [-0.2, 0) is 20.1 Å². The molecule has 1 aliphatic heterocycles. The lowest BCUT2D eigenvalue weighted by Crippen LogP contribution is -2.32. The number of nitrogens with two attached hydrogens (primary N) is 1. The van der Waals surface area contributed by atoms with Crippen molar-refractivity contribution in [2.75, 3.05) is 25.3 Å². The number of nitrogens with zero attached hydrogens (tertiary/aromatic N) is 4. The normalized spacial score (nSPS) is 14.8. The second kappa shape index (κ2) is 7.09. The van der Waals surface area contributed by atoms with Crippen LogP contribution >= 0.6 is 11.8 Å². The summed E-state index contributed by atoms with van der Waals surface area (Å²) in [7, 11) is 3.54. The number of hydrogen-bond donors (Lipinski definition) is 1. The standard InChI is InChI=1S/C19H23N5OS/c1-22-21-19(24(22)20)15-5-3-14(4-6-15)12-23-9-10-26-18-8-7-17(25-2)11-16(18)13-23/h3-8,11H,9-10,12-13,20H2,1-2H3. The lowest BCUT2D eigenvalue weighted by molar-refractivity contribution is 0.274. The Kier molecular flexibility index (Phi) is 4.65. The summed E-state index contributed by atoms with van der Waals surface area (Å²) in [5.41, 5.74) is 3.67. The van der Waals surface area contributed by atoms with Crippen LogP contribution in [0.2, 0.25) is 0 Å². The van der Waals surface area contributed by atoms with Gasteiger partial charge in [-0.25, -0.2) is 0 Å². The molecule has 3 aromatic rings. The van der Waals surface area contributed by atoms with Gasteiger partial charge in [0, 0.05) is 42.9 Å². The summed E-state index contributed by atoms with van der Waals surface area (Å²) >= 11 is 1.92. The van der Waals surface area contributed by atoms with E-state index < -0.39 is 0 Å². The summed E-state index contributed by atoms with van der Waals surface area (Å²) in [6.45, 7) is 2.93. The maximum absolute atomic E-state index is 5.88. The second-order valence-corrected chi connectivity index (χ2v) is 7.62. The van der Waals surface area contributed by atoms with Crippen molar-refractivity contribution < 1.29 is 4.74 Å². The zero-order valence-corrected chi connectivity index (χ0v) is 15.9.